The maximum absolute atomic E-state index is 12.2. The number of amides is 1. The first kappa shape index (κ1) is 12.6. The van der Waals surface area contributed by atoms with E-state index in [1.165, 1.54) is 10.4 Å². The van der Waals surface area contributed by atoms with Gasteiger partial charge in [0.15, 0.2) is 0 Å². The number of nitrogens with one attached hydrogen (secondary N) is 1. The first-order chi connectivity index (χ1) is 8.18. The molecule has 0 aromatic carbocycles. The normalized spacial score (nSPS) is 17.1. The van der Waals surface area contributed by atoms with Crippen LogP contribution in [0.5, 0.6) is 0 Å². The average molecular weight is 252 g/mol. The zero-order valence-corrected chi connectivity index (χ0v) is 11.3. The molecule has 1 amide bonds. The zero-order valence-electron chi connectivity index (χ0n) is 10.5. The summed E-state index contributed by atoms with van der Waals surface area (Å²) in [5.41, 5.74) is 1.29. The molecule has 0 bridgehead atoms. The molecule has 0 spiro atoms. The van der Waals surface area contributed by atoms with Crippen LogP contribution >= 0.6 is 11.3 Å². The van der Waals surface area contributed by atoms with Gasteiger partial charge in [-0.25, -0.2) is 0 Å². The van der Waals surface area contributed by atoms with Gasteiger partial charge in [0.25, 0.3) is 0 Å². The molecule has 0 radical (unpaired) electrons. The largest absolute Gasteiger partial charge is 0.340 e. The Labute approximate surface area is 107 Å². The maximum atomic E-state index is 12.2. The van der Waals surface area contributed by atoms with Crippen molar-refractivity contribution in [3.05, 3.63) is 21.9 Å². The monoisotopic (exact) mass is 252 g/mol. The standard InChI is InChI=1S/C13H20N2OS/c1-10-5-8-17-12(10)9-15(2)13(16)11-3-6-14-7-4-11/h5,8,11,14H,3-4,6-7,9H2,1-2H3. The summed E-state index contributed by atoms with van der Waals surface area (Å²) in [6, 6.07) is 2.11. The van der Waals surface area contributed by atoms with Crippen LogP contribution in [0.1, 0.15) is 23.3 Å². The molecule has 0 atom stereocenters. The molecule has 2 rings (SSSR count). The van der Waals surface area contributed by atoms with Crippen LogP contribution in [-0.2, 0) is 11.3 Å². The number of thiophene rings is 1. The van der Waals surface area contributed by atoms with Gasteiger partial charge in [-0.1, -0.05) is 0 Å². The van der Waals surface area contributed by atoms with Gasteiger partial charge in [-0.15, -0.1) is 11.3 Å². The summed E-state index contributed by atoms with van der Waals surface area (Å²) in [4.78, 5) is 15.4. The lowest BCUT2D eigenvalue weighted by molar-refractivity contribution is -0.135. The number of rotatable bonds is 3. The quantitative estimate of drug-likeness (QED) is 0.892. The van der Waals surface area contributed by atoms with E-state index in [2.05, 4.69) is 23.7 Å². The molecular weight excluding hydrogens is 232 g/mol. The van der Waals surface area contributed by atoms with Gasteiger partial charge in [-0.2, -0.15) is 0 Å². The molecule has 0 unspecified atom stereocenters. The molecule has 1 fully saturated rings. The molecule has 1 saturated heterocycles. The van der Waals surface area contributed by atoms with E-state index in [-0.39, 0.29) is 5.92 Å². The summed E-state index contributed by atoms with van der Waals surface area (Å²) in [5, 5.41) is 5.39. The molecule has 1 aliphatic rings. The van der Waals surface area contributed by atoms with E-state index in [1.807, 2.05) is 11.9 Å². The second-order valence-electron chi connectivity index (χ2n) is 4.75. The summed E-state index contributed by atoms with van der Waals surface area (Å²) >= 11 is 1.74. The Morgan fingerprint density at radius 1 is 1.53 bits per heavy atom. The molecule has 0 aliphatic carbocycles. The molecule has 3 nitrogen and oxygen atoms in total. The van der Waals surface area contributed by atoms with Crippen LogP contribution in [0.15, 0.2) is 11.4 Å². The van der Waals surface area contributed by atoms with Gasteiger partial charge in [-0.05, 0) is 49.9 Å². The van der Waals surface area contributed by atoms with Crippen molar-refractivity contribution in [2.75, 3.05) is 20.1 Å². The summed E-state index contributed by atoms with van der Waals surface area (Å²) in [5.74, 6) is 0.529. The van der Waals surface area contributed by atoms with Gasteiger partial charge in [0.1, 0.15) is 0 Å². The summed E-state index contributed by atoms with van der Waals surface area (Å²) < 4.78 is 0. The number of nitrogens with zero attached hydrogens (tertiary/aromatic N) is 1. The fraction of sp³-hybridized carbons (Fsp3) is 0.615. The van der Waals surface area contributed by atoms with E-state index in [4.69, 9.17) is 0 Å². The van der Waals surface area contributed by atoms with Gasteiger partial charge < -0.3 is 10.2 Å². The number of hydrogen-bond acceptors (Lipinski definition) is 3. The van der Waals surface area contributed by atoms with E-state index >= 15 is 0 Å². The molecule has 1 aromatic heterocycles. The summed E-state index contributed by atoms with van der Waals surface area (Å²) in [7, 11) is 1.92. The minimum atomic E-state index is 0.224. The van der Waals surface area contributed by atoms with Crippen molar-refractivity contribution < 1.29 is 4.79 Å². The van der Waals surface area contributed by atoms with E-state index < -0.39 is 0 Å². The molecular formula is C13H20N2OS. The minimum absolute atomic E-state index is 0.224. The van der Waals surface area contributed by atoms with Crippen LogP contribution in [0, 0.1) is 12.8 Å². The van der Waals surface area contributed by atoms with E-state index in [0.717, 1.165) is 32.5 Å². The highest BCUT2D eigenvalue weighted by molar-refractivity contribution is 7.10. The van der Waals surface area contributed by atoms with E-state index in [0.29, 0.717) is 5.91 Å². The topological polar surface area (TPSA) is 32.3 Å². The van der Waals surface area contributed by atoms with Crippen LogP contribution in [0.4, 0.5) is 0 Å². The van der Waals surface area contributed by atoms with Crippen molar-refractivity contribution in [2.45, 2.75) is 26.3 Å². The minimum Gasteiger partial charge on any atom is -0.340 e. The number of carbonyl (C=O) groups excluding carboxylic acids is 1. The Balaban J connectivity index is 1.93. The van der Waals surface area contributed by atoms with Crippen LogP contribution in [0.25, 0.3) is 0 Å². The fourth-order valence-electron chi connectivity index (χ4n) is 2.24. The third-order valence-electron chi connectivity index (χ3n) is 3.41. The molecule has 17 heavy (non-hydrogen) atoms. The highest BCUT2D eigenvalue weighted by atomic mass is 32.1. The Kier molecular flexibility index (Phi) is 4.18. The van der Waals surface area contributed by atoms with Crippen molar-refractivity contribution >= 4 is 17.2 Å². The van der Waals surface area contributed by atoms with Gasteiger partial charge in [0, 0.05) is 17.8 Å². The van der Waals surface area contributed by atoms with Gasteiger partial charge in [-0.3, -0.25) is 4.79 Å². The maximum Gasteiger partial charge on any atom is 0.225 e. The Bertz CT molecular complexity index is 383. The van der Waals surface area contributed by atoms with Crippen LogP contribution in [0.3, 0.4) is 0 Å². The number of hydrogen-bond donors (Lipinski definition) is 1. The SMILES string of the molecule is Cc1ccsc1CN(C)C(=O)C1CCNCC1. The molecule has 1 aliphatic heterocycles. The number of carbonyl (C=O) groups is 1. The van der Waals surface area contributed by atoms with Crippen molar-refractivity contribution in [1.82, 2.24) is 10.2 Å². The lowest BCUT2D eigenvalue weighted by Gasteiger charge is -2.26. The smallest absolute Gasteiger partial charge is 0.225 e. The Morgan fingerprint density at radius 2 is 2.24 bits per heavy atom. The van der Waals surface area contributed by atoms with Crippen molar-refractivity contribution in [3.8, 4) is 0 Å². The molecule has 0 saturated carbocycles. The number of piperidine rings is 1. The Hall–Kier alpha value is -0.870. The fourth-order valence-corrected chi connectivity index (χ4v) is 3.20. The second-order valence-corrected chi connectivity index (χ2v) is 5.75. The lowest BCUT2D eigenvalue weighted by Crippen LogP contribution is -2.38. The highest BCUT2D eigenvalue weighted by Crippen LogP contribution is 2.20. The van der Waals surface area contributed by atoms with Crippen LogP contribution in [0.2, 0.25) is 0 Å². The third-order valence-corrected chi connectivity index (χ3v) is 4.42. The number of aryl methyl sites for hydroxylation is 1. The second kappa shape index (κ2) is 5.65. The van der Waals surface area contributed by atoms with Gasteiger partial charge in [0.05, 0.1) is 6.54 Å². The van der Waals surface area contributed by atoms with Crippen molar-refractivity contribution in [1.29, 1.82) is 0 Å². The summed E-state index contributed by atoms with van der Waals surface area (Å²) in [6.07, 6.45) is 1.96. The third kappa shape index (κ3) is 3.07. The Morgan fingerprint density at radius 3 is 2.82 bits per heavy atom. The van der Waals surface area contributed by atoms with Crippen molar-refractivity contribution in [2.24, 2.45) is 5.92 Å². The average Bonchev–Trinajstić information content (AvgIpc) is 2.75. The predicted octanol–water partition coefficient (Wildman–Crippen LogP) is 2.01. The first-order valence-corrected chi connectivity index (χ1v) is 7.05. The van der Waals surface area contributed by atoms with Gasteiger partial charge in [0.2, 0.25) is 5.91 Å². The predicted molar refractivity (Wildman–Crippen MR) is 71.1 cm³/mol. The van der Waals surface area contributed by atoms with Crippen LogP contribution < -0.4 is 5.32 Å². The summed E-state index contributed by atoms with van der Waals surface area (Å²) in [6.45, 7) is 4.81. The van der Waals surface area contributed by atoms with E-state index in [1.54, 1.807) is 11.3 Å². The van der Waals surface area contributed by atoms with Gasteiger partial charge >= 0.3 is 0 Å². The zero-order chi connectivity index (χ0) is 12.3. The lowest BCUT2D eigenvalue weighted by atomic mass is 9.97. The molecule has 4 heteroatoms. The first-order valence-electron chi connectivity index (χ1n) is 6.17. The van der Waals surface area contributed by atoms with Crippen LogP contribution in [-0.4, -0.2) is 30.9 Å². The van der Waals surface area contributed by atoms with E-state index in [9.17, 15) is 4.79 Å². The van der Waals surface area contributed by atoms with Crippen molar-refractivity contribution in [3.63, 3.8) is 0 Å². The molecule has 94 valence electrons. The highest BCUT2D eigenvalue weighted by Gasteiger charge is 2.24. The molecule has 1 N–H and O–H groups in total. The molecule has 2 heterocycles. The molecule has 1 aromatic rings.